The fourth-order valence-corrected chi connectivity index (χ4v) is 2.58. The van der Waals surface area contributed by atoms with Crippen molar-refractivity contribution in [1.29, 1.82) is 0 Å². The molecule has 1 atom stereocenters. The van der Waals surface area contributed by atoms with Crippen molar-refractivity contribution in [3.05, 3.63) is 70.2 Å². The summed E-state index contributed by atoms with van der Waals surface area (Å²) >= 11 is 6.05. The zero-order chi connectivity index (χ0) is 14.8. The van der Waals surface area contributed by atoms with Crippen molar-refractivity contribution in [2.24, 2.45) is 5.73 Å². The SMILES string of the molecule is CC(C)c1ccc(CC(C)(N)c2cccc(Cl)c2)cc1. The molecule has 106 valence electrons. The summed E-state index contributed by atoms with van der Waals surface area (Å²) in [6.45, 7) is 6.46. The van der Waals surface area contributed by atoms with E-state index >= 15 is 0 Å². The van der Waals surface area contributed by atoms with Crippen LogP contribution in [-0.4, -0.2) is 0 Å². The first kappa shape index (κ1) is 15.1. The van der Waals surface area contributed by atoms with Gasteiger partial charge in [-0.1, -0.05) is 61.8 Å². The molecule has 0 fully saturated rings. The molecule has 0 saturated heterocycles. The molecule has 0 spiro atoms. The van der Waals surface area contributed by atoms with Crippen LogP contribution in [0.2, 0.25) is 5.02 Å². The third-order valence-electron chi connectivity index (χ3n) is 3.70. The van der Waals surface area contributed by atoms with Crippen LogP contribution in [0.5, 0.6) is 0 Å². The molecule has 2 heteroatoms. The Bertz CT molecular complexity index is 570. The Morgan fingerprint density at radius 3 is 2.30 bits per heavy atom. The summed E-state index contributed by atoms with van der Waals surface area (Å²) < 4.78 is 0. The fourth-order valence-electron chi connectivity index (χ4n) is 2.39. The molecule has 0 heterocycles. The van der Waals surface area contributed by atoms with Crippen molar-refractivity contribution in [3.8, 4) is 0 Å². The maximum absolute atomic E-state index is 6.48. The zero-order valence-corrected chi connectivity index (χ0v) is 13.1. The summed E-state index contributed by atoms with van der Waals surface area (Å²) in [6, 6.07) is 16.5. The van der Waals surface area contributed by atoms with Crippen molar-refractivity contribution >= 4 is 11.6 Å². The Kier molecular flexibility index (Phi) is 4.52. The van der Waals surface area contributed by atoms with Crippen molar-refractivity contribution in [2.45, 2.75) is 38.6 Å². The van der Waals surface area contributed by atoms with Crippen LogP contribution in [0.4, 0.5) is 0 Å². The smallest absolute Gasteiger partial charge is 0.0422 e. The average molecular weight is 288 g/mol. The van der Waals surface area contributed by atoms with Gasteiger partial charge in [0.2, 0.25) is 0 Å². The molecular formula is C18H22ClN. The number of halogens is 1. The molecule has 0 aliphatic carbocycles. The average Bonchev–Trinajstić information content (AvgIpc) is 2.39. The summed E-state index contributed by atoms with van der Waals surface area (Å²) in [4.78, 5) is 0. The minimum absolute atomic E-state index is 0.412. The fraction of sp³-hybridized carbons (Fsp3) is 0.333. The van der Waals surface area contributed by atoms with Gasteiger partial charge in [0.15, 0.2) is 0 Å². The molecule has 0 bridgehead atoms. The van der Waals surface area contributed by atoms with Crippen molar-refractivity contribution in [1.82, 2.24) is 0 Å². The maximum atomic E-state index is 6.48. The van der Waals surface area contributed by atoms with Crippen LogP contribution >= 0.6 is 11.6 Å². The van der Waals surface area contributed by atoms with Gasteiger partial charge in [0.25, 0.3) is 0 Å². The van der Waals surface area contributed by atoms with E-state index in [1.54, 1.807) is 0 Å². The number of hydrogen-bond acceptors (Lipinski definition) is 1. The predicted molar refractivity (Wildman–Crippen MR) is 87.2 cm³/mol. The number of hydrogen-bond donors (Lipinski definition) is 1. The zero-order valence-electron chi connectivity index (χ0n) is 12.4. The van der Waals surface area contributed by atoms with Crippen LogP contribution in [0.25, 0.3) is 0 Å². The van der Waals surface area contributed by atoms with Gasteiger partial charge in [-0.05, 0) is 48.1 Å². The number of rotatable bonds is 4. The van der Waals surface area contributed by atoms with Crippen LogP contribution in [0, 0.1) is 0 Å². The molecule has 2 aromatic carbocycles. The van der Waals surface area contributed by atoms with Crippen molar-refractivity contribution in [3.63, 3.8) is 0 Å². The number of nitrogens with two attached hydrogens (primary N) is 1. The first-order chi connectivity index (χ1) is 9.38. The van der Waals surface area contributed by atoms with Crippen LogP contribution in [0.3, 0.4) is 0 Å². The quantitative estimate of drug-likeness (QED) is 0.852. The lowest BCUT2D eigenvalue weighted by Gasteiger charge is -2.26. The minimum atomic E-state index is -0.412. The highest BCUT2D eigenvalue weighted by Gasteiger charge is 2.21. The van der Waals surface area contributed by atoms with Gasteiger partial charge >= 0.3 is 0 Å². The summed E-state index contributed by atoms with van der Waals surface area (Å²) in [7, 11) is 0. The largest absolute Gasteiger partial charge is 0.321 e. The second-order valence-corrected chi connectivity index (χ2v) is 6.44. The second kappa shape index (κ2) is 5.99. The van der Waals surface area contributed by atoms with Gasteiger partial charge < -0.3 is 5.73 Å². The van der Waals surface area contributed by atoms with Crippen LogP contribution in [-0.2, 0) is 12.0 Å². The van der Waals surface area contributed by atoms with Crippen molar-refractivity contribution in [2.75, 3.05) is 0 Å². The van der Waals surface area contributed by atoms with E-state index in [-0.39, 0.29) is 0 Å². The normalized spacial score (nSPS) is 14.3. The lowest BCUT2D eigenvalue weighted by atomic mass is 9.86. The van der Waals surface area contributed by atoms with Gasteiger partial charge in [-0.15, -0.1) is 0 Å². The molecule has 0 amide bonds. The Morgan fingerprint density at radius 1 is 1.10 bits per heavy atom. The van der Waals surface area contributed by atoms with Gasteiger partial charge in [0.05, 0.1) is 0 Å². The molecule has 0 aromatic heterocycles. The molecule has 2 N–H and O–H groups in total. The highest BCUT2D eigenvalue weighted by atomic mass is 35.5. The van der Waals surface area contributed by atoms with Gasteiger partial charge in [0, 0.05) is 10.6 Å². The topological polar surface area (TPSA) is 26.0 Å². The van der Waals surface area contributed by atoms with E-state index in [0.717, 1.165) is 17.0 Å². The molecular weight excluding hydrogens is 266 g/mol. The molecule has 1 nitrogen and oxygen atoms in total. The molecule has 1 unspecified atom stereocenters. The summed E-state index contributed by atoms with van der Waals surface area (Å²) in [5, 5.41) is 0.731. The molecule has 0 saturated carbocycles. The minimum Gasteiger partial charge on any atom is -0.321 e. The van der Waals surface area contributed by atoms with E-state index in [4.69, 9.17) is 17.3 Å². The lowest BCUT2D eigenvalue weighted by molar-refractivity contribution is 0.491. The monoisotopic (exact) mass is 287 g/mol. The molecule has 0 aliphatic heterocycles. The van der Waals surface area contributed by atoms with E-state index in [9.17, 15) is 0 Å². The molecule has 2 rings (SSSR count). The number of benzene rings is 2. The molecule has 0 radical (unpaired) electrons. The van der Waals surface area contributed by atoms with Gasteiger partial charge in [-0.25, -0.2) is 0 Å². The summed E-state index contributed by atoms with van der Waals surface area (Å²) in [5.74, 6) is 0.557. The second-order valence-electron chi connectivity index (χ2n) is 6.00. The van der Waals surface area contributed by atoms with Gasteiger partial charge in [0.1, 0.15) is 0 Å². The molecule has 20 heavy (non-hydrogen) atoms. The van der Waals surface area contributed by atoms with Crippen LogP contribution < -0.4 is 5.73 Å². The van der Waals surface area contributed by atoms with E-state index in [2.05, 4.69) is 45.0 Å². The Hall–Kier alpha value is -1.31. The van der Waals surface area contributed by atoms with Gasteiger partial charge in [-0.2, -0.15) is 0 Å². The third-order valence-corrected chi connectivity index (χ3v) is 3.94. The van der Waals surface area contributed by atoms with Crippen molar-refractivity contribution < 1.29 is 0 Å². The predicted octanol–water partition coefficient (Wildman–Crippen LogP) is 4.88. The third kappa shape index (κ3) is 3.62. The lowest BCUT2D eigenvalue weighted by Crippen LogP contribution is -2.35. The molecule has 2 aromatic rings. The van der Waals surface area contributed by atoms with E-state index in [1.165, 1.54) is 11.1 Å². The van der Waals surface area contributed by atoms with Crippen LogP contribution in [0.15, 0.2) is 48.5 Å². The summed E-state index contributed by atoms with van der Waals surface area (Å²) in [5.41, 5.74) is 9.74. The maximum Gasteiger partial charge on any atom is 0.0422 e. The Morgan fingerprint density at radius 2 is 1.75 bits per heavy atom. The summed E-state index contributed by atoms with van der Waals surface area (Å²) in [6.07, 6.45) is 0.797. The van der Waals surface area contributed by atoms with Crippen LogP contribution in [0.1, 0.15) is 43.4 Å². The van der Waals surface area contributed by atoms with Gasteiger partial charge in [-0.3, -0.25) is 0 Å². The van der Waals surface area contributed by atoms with E-state index in [1.807, 2.05) is 24.3 Å². The Labute approximate surface area is 126 Å². The highest BCUT2D eigenvalue weighted by Crippen LogP contribution is 2.26. The molecule has 0 aliphatic rings. The highest BCUT2D eigenvalue weighted by molar-refractivity contribution is 6.30. The standard InChI is InChI=1S/C18H22ClN/c1-13(2)15-9-7-14(8-10-15)12-18(3,20)16-5-4-6-17(19)11-16/h4-11,13H,12,20H2,1-3H3. The Balaban J connectivity index is 2.19. The van der Waals surface area contributed by atoms with E-state index < -0.39 is 5.54 Å². The first-order valence-corrected chi connectivity index (χ1v) is 7.40. The first-order valence-electron chi connectivity index (χ1n) is 7.02. The van der Waals surface area contributed by atoms with E-state index in [0.29, 0.717) is 5.92 Å².